The molecule has 2 aliphatic heterocycles. The zero-order chi connectivity index (χ0) is 21.3. The molecule has 2 aliphatic rings. The highest BCUT2D eigenvalue weighted by Gasteiger charge is 2.30. The minimum Gasteiger partial charge on any atom is -0.490 e. The Bertz CT molecular complexity index is 825. The molecule has 0 aliphatic carbocycles. The first kappa shape index (κ1) is 21.5. The van der Waals surface area contributed by atoms with E-state index in [0.717, 1.165) is 36.3 Å². The second kappa shape index (κ2) is 9.17. The van der Waals surface area contributed by atoms with Crippen LogP contribution in [0.4, 0.5) is 8.78 Å². The third kappa shape index (κ3) is 4.93. The molecule has 0 saturated carbocycles. The molecule has 0 aromatic heterocycles. The van der Waals surface area contributed by atoms with Crippen LogP contribution in [-0.4, -0.2) is 41.2 Å². The van der Waals surface area contributed by atoms with E-state index in [0.29, 0.717) is 25.1 Å². The Hall–Kier alpha value is -1.75. The molecule has 2 aromatic rings. The van der Waals surface area contributed by atoms with E-state index >= 15 is 0 Å². The summed E-state index contributed by atoms with van der Waals surface area (Å²) in [5.74, 6) is 1.16. The van der Waals surface area contributed by atoms with E-state index in [9.17, 15) is 13.9 Å². The van der Waals surface area contributed by atoms with Crippen molar-refractivity contribution in [2.45, 2.75) is 50.9 Å². The zero-order valence-corrected chi connectivity index (χ0v) is 18.2. The van der Waals surface area contributed by atoms with E-state index < -0.39 is 6.10 Å². The Morgan fingerprint density at radius 2 is 1.50 bits per heavy atom. The number of aliphatic hydroxyl groups is 1. The van der Waals surface area contributed by atoms with E-state index in [-0.39, 0.29) is 29.8 Å². The van der Waals surface area contributed by atoms with Gasteiger partial charge in [-0.1, -0.05) is 16.3 Å². The fraction of sp³-hybridized carbons (Fsp3) is 0.478. The monoisotopic (exact) mass is 435 g/mol. The van der Waals surface area contributed by atoms with Crippen molar-refractivity contribution < 1.29 is 23.4 Å². The van der Waals surface area contributed by atoms with Crippen LogP contribution in [0.15, 0.2) is 36.4 Å². The first-order valence-electron chi connectivity index (χ1n) is 10.5. The number of hydrogen-bond donors (Lipinski definition) is 1. The van der Waals surface area contributed by atoms with Crippen LogP contribution in [0.2, 0.25) is 0 Å². The van der Waals surface area contributed by atoms with Gasteiger partial charge in [0, 0.05) is 19.0 Å². The van der Waals surface area contributed by atoms with Crippen molar-refractivity contribution in [3.05, 3.63) is 59.2 Å². The molecular weight excluding hydrogens is 407 g/mol. The van der Waals surface area contributed by atoms with Crippen LogP contribution in [0.5, 0.6) is 11.5 Å². The summed E-state index contributed by atoms with van der Waals surface area (Å²) in [5.41, 5.74) is 1.77. The Kier molecular flexibility index (Phi) is 6.57. The second-order valence-electron chi connectivity index (χ2n) is 8.39. The summed E-state index contributed by atoms with van der Waals surface area (Å²) in [5, 5.41) is 10.7. The van der Waals surface area contributed by atoms with Crippen LogP contribution in [0.3, 0.4) is 0 Å². The number of aryl methyl sites for hydroxylation is 2. The first-order valence-corrected chi connectivity index (χ1v) is 11.0. The SMILES string of the molecule is CC(CN(P)CC(O)C1CCc2cc(F)ccc2O1)C1CCc2cc(F)ccc2O1. The molecule has 2 heterocycles. The van der Waals surface area contributed by atoms with Crippen LogP contribution in [0.25, 0.3) is 0 Å². The van der Waals surface area contributed by atoms with Crippen LogP contribution in [0, 0.1) is 17.6 Å². The number of fused-ring (bicyclic) bond motifs is 2. The van der Waals surface area contributed by atoms with Gasteiger partial charge in [-0.15, -0.1) is 0 Å². The highest BCUT2D eigenvalue weighted by molar-refractivity contribution is 7.13. The van der Waals surface area contributed by atoms with E-state index in [1.807, 2.05) is 4.67 Å². The minimum atomic E-state index is -0.649. The van der Waals surface area contributed by atoms with Crippen molar-refractivity contribution in [1.82, 2.24) is 4.67 Å². The molecule has 2 aromatic carbocycles. The quantitative estimate of drug-likeness (QED) is 0.693. The van der Waals surface area contributed by atoms with Crippen molar-refractivity contribution in [2.75, 3.05) is 13.1 Å². The summed E-state index contributed by atoms with van der Waals surface area (Å²) >= 11 is 0. The molecule has 4 rings (SSSR count). The molecule has 7 heteroatoms. The molecule has 0 saturated heterocycles. The van der Waals surface area contributed by atoms with Gasteiger partial charge >= 0.3 is 0 Å². The molecule has 5 unspecified atom stereocenters. The summed E-state index contributed by atoms with van der Waals surface area (Å²) in [6.45, 7) is 3.31. The van der Waals surface area contributed by atoms with E-state index in [1.165, 1.54) is 18.2 Å². The highest BCUT2D eigenvalue weighted by atomic mass is 31.0. The average molecular weight is 435 g/mol. The van der Waals surface area contributed by atoms with Gasteiger partial charge in [-0.25, -0.2) is 8.78 Å². The molecule has 30 heavy (non-hydrogen) atoms. The summed E-state index contributed by atoms with van der Waals surface area (Å²) in [6.07, 6.45) is 2.09. The summed E-state index contributed by atoms with van der Waals surface area (Å²) in [4.78, 5) is 0. The highest BCUT2D eigenvalue weighted by Crippen LogP contribution is 2.32. The van der Waals surface area contributed by atoms with Gasteiger partial charge in [0.2, 0.25) is 0 Å². The number of benzene rings is 2. The number of aliphatic hydroxyl groups excluding tert-OH is 1. The van der Waals surface area contributed by atoms with Gasteiger partial charge in [0.15, 0.2) is 0 Å². The van der Waals surface area contributed by atoms with Gasteiger partial charge in [-0.2, -0.15) is 0 Å². The van der Waals surface area contributed by atoms with Gasteiger partial charge in [-0.3, -0.25) is 4.67 Å². The maximum atomic E-state index is 13.4. The van der Waals surface area contributed by atoms with E-state index in [4.69, 9.17) is 9.47 Å². The number of halogens is 2. The van der Waals surface area contributed by atoms with Gasteiger partial charge in [0.25, 0.3) is 0 Å². The molecular formula is C23H28F2NO3P. The third-order valence-corrected chi connectivity index (χ3v) is 6.43. The zero-order valence-electron chi connectivity index (χ0n) is 17.1. The molecule has 0 radical (unpaired) electrons. The predicted octanol–water partition coefficient (Wildman–Crippen LogP) is 4.14. The Balaban J connectivity index is 1.28. The molecule has 4 nitrogen and oxygen atoms in total. The lowest BCUT2D eigenvalue weighted by Gasteiger charge is -2.34. The van der Waals surface area contributed by atoms with Crippen LogP contribution < -0.4 is 9.47 Å². The number of ether oxygens (including phenoxy) is 2. The van der Waals surface area contributed by atoms with Gasteiger partial charge < -0.3 is 14.6 Å². The van der Waals surface area contributed by atoms with Gasteiger partial charge in [-0.05, 0) is 73.2 Å². The molecule has 0 bridgehead atoms. The summed E-state index contributed by atoms with van der Waals surface area (Å²) in [7, 11) is 2.68. The Morgan fingerprint density at radius 1 is 0.967 bits per heavy atom. The number of rotatable bonds is 6. The van der Waals surface area contributed by atoms with Crippen molar-refractivity contribution in [3.8, 4) is 11.5 Å². The van der Waals surface area contributed by atoms with Crippen LogP contribution in [-0.2, 0) is 12.8 Å². The predicted molar refractivity (Wildman–Crippen MR) is 115 cm³/mol. The van der Waals surface area contributed by atoms with Crippen LogP contribution >= 0.6 is 9.39 Å². The number of nitrogens with zero attached hydrogens (tertiary/aromatic N) is 1. The summed E-state index contributed by atoms with van der Waals surface area (Å²) in [6, 6.07) is 9.20. The van der Waals surface area contributed by atoms with Gasteiger partial charge in [0.05, 0.1) is 0 Å². The molecule has 1 N–H and O–H groups in total. The largest absolute Gasteiger partial charge is 0.490 e. The molecule has 0 amide bonds. The van der Waals surface area contributed by atoms with Crippen molar-refractivity contribution in [2.24, 2.45) is 5.92 Å². The van der Waals surface area contributed by atoms with Gasteiger partial charge in [0.1, 0.15) is 41.4 Å². The standard InChI is InChI=1S/C23H28F2NO3P/c1-14(20-6-2-15-10-17(24)4-8-21(15)28-20)12-26(30)13-19(27)23-7-3-16-11-18(25)5-9-22(16)29-23/h4-5,8-11,14,19-20,23,27H,2-3,6-7,12-13,30H2,1H3. The second-order valence-corrected chi connectivity index (χ2v) is 9.12. The van der Waals surface area contributed by atoms with E-state index in [1.54, 1.807) is 18.2 Å². The normalized spacial score (nSPS) is 22.5. The summed E-state index contributed by atoms with van der Waals surface area (Å²) < 4.78 is 40.8. The fourth-order valence-electron chi connectivity index (χ4n) is 4.35. The molecule has 0 spiro atoms. The fourth-order valence-corrected chi connectivity index (χ4v) is 4.90. The Labute approximate surface area is 178 Å². The third-order valence-electron chi connectivity index (χ3n) is 6.01. The molecule has 162 valence electrons. The molecule has 0 fully saturated rings. The lowest BCUT2D eigenvalue weighted by molar-refractivity contribution is 0.0111. The van der Waals surface area contributed by atoms with E-state index in [2.05, 4.69) is 16.3 Å². The maximum absolute atomic E-state index is 13.4. The van der Waals surface area contributed by atoms with Crippen molar-refractivity contribution in [3.63, 3.8) is 0 Å². The lowest BCUT2D eigenvalue weighted by atomic mass is 9.94. The average Bonchev–Trinajstić information content (AvgIpc) is 2.72. The van der Waals surface area contributed by atoms with Crippen molar-refractivity contribution in [1.29, 1.82) is 0 Å². The lowest BCUT2D eigenvalue weighted by Crippen LogP contribution is -2.43. The minimum absolute atomic E-state index is 0.0517. The smallest absolute Gasteiger partial charge is 0.126 e. The Morgan fingerprint density at radius 3 is 2.10 bits per heavy atom. The topological polar surface area (TPSA) is 41.9 Å². The van der Waals surface area contributed by atoms with Crippen LogP contribution in [0.1, 0.15) is 30.9 Å². The molecule has 5 atom stereocenters. The first-order chi connectivity index (χ1) is 14.4. The van der Waals surface area contributed by atoms with Crippen molar-refractivity contribution >= 4 is 9.39 Å². The number of hydrogen-bond acceptors (Lipinski definition) is 4. The maximum Gasteiger partial charge on any atom is 0.126 e.